The Morgan fingerprint density at radius 3 is 2.36 bits per heavy atom. The highest BCUT2D eigenvalue weighted by molar-refractivity contribution is 7.92. The van der Waals surface area contributed by atoms with Gasteiger partial charge in [-0.15, -0.1) is 0 Å². The lowest BCUT2D eigenvalue weighted by atomic mass is 10.1. The molecule has 1 aliphatic rings. The first-order valence-corrected chi connectivity index (χ1v) is 10.7. The molecule has 2 aromatic rings. The van der Waals surface area contributed by atoms with Crippen LogP contribution in [0.25, 0.3) is 0 Å². The molecule has 0 fully saturated rings. The first-order valence-electron chi connectivity index (χ1n) is 9.08. The van der Waals surface area contributed by atoms with Gasteiger partial charge >= 0.3 is 0 Å². The summed E-state index contributed by atoms with van der Waals surface area (Å²) in [4.78, 5) is 12.7. The van der Waals surface area contributed by atoms with Gasteiger partial charge in [0.1, 0.15) is 19.8 Å². The third kappa shape index (κ3) is 4.22. The number of aryl methyl sites for hydroxylation is 2. The first-order chi connectivity index (χ1) is 13.3. The zero-order valence-electron chi connectivity index (χ0n) is 16.2. The highest BCUT2D eigenvalue weighted by Crippen LogP contribution is 2.35. The Kier molecular flexibility index (Phi) is 5.79. The number of anilines is 2. The topological polar surface area (TPSA) is 84.9 Å². The van der Waals surface area contributed by atoms with Gasteiger partial charge in [-0.05, 0) is 44.0 Å². The van der Waals surface area contributed by atoms with Crippen LogP contribution in [0.4, 0.5) is 11.4 Å². The molecule has 0 unspecified atom stereocenters. The Morgan fingerprint density at radius 1 is 1.07 bits per heavy atom. The number of para-hydroxylation sites is 1. The Labute approximate surface area is 165 Å². The van der Waals surface area contributed by atoms with Crippen molar-refractivity contribution in [1.82, 2.24) is 0 Å². The molecule has 1 heterocycles. The summed E-state index contributed by atoms with van der Waals surface area (Å²) >= 11 is 0. The Bertz CT molecular complexity index is 968. The molecule has 2 aromatic carbocycles. The Hall–Kier alpha value is -2.74. The number of hydrogen-bond donors (Lipinski definition) is 1. The van der Waals surface area contributed by atoms with E-state index in [-0.39, 0.29) is 12.3 Å². The predicted octanol–water partition coefficient (Wildman–Crippen LogP) is 2.87. The number of nitrogens with one attached hydrogen (secondary N) is 1. The summed E-state index contributed by atoms with van der Waals surface area (Å²) in [5.74, 6) is 0.487. The van der Waals surface area contributed by atoms with Crippen molar-refractivity contribution in [2.24, 2.45) is 0 Å². The molecule has 0 atom stereocenters. The first kappa shape index (κ1) is 20.0. The molecule has 1 aliphatic heterocycles. The second-order valence-electron chi connectivity index (χ2n) is 6.55. The molecule has 0 saturated carbocycles. The molecule has 0 aliphatic carbocycles. The van der Waals surface area contributed by atoms with E-state index in [1.54, 1.807) is 25.1 Å². The summed E-state index contributed by atoms with van der Waals surface area (Å²) in [5.41, 5.74) is 2.89. The smallest absolute Gasteiger partial charge is 0.245 e. The summed E-state index contributed by atoms with van der Waals surface area (Å²) in [6.07, 6.45) is 0. The van der Waals surface area contributed by atoms with Crippen LogP contribution in [0.15, 0.2) is 36.4 Å². The molecular formula is C20H24N2O5S. The monoisotopic (exact) mass is 404 g/mol. The highest BCUT2D eigenvalue weighted by Gasteiger charge is 2.25. The normalized spacial score (nSPS) is 13.1. The van der Waals surface area contributed by atoms with E-state index in [4.69, 9.17) is 9.47 Å². The summed E-state index contributed by atoms with van der Waals surface area (Å²) < 4.78 is 37.5. The van der Waals surface area contributed by atoms with E-state index in [2.05, 4.69) is 5.32 Å². The van der Waals surface area contributed by atoms with Crippen molar-refractivity contribution in [3.8, 4) is 11.5 Å². The maximum Gasteiger partial charge on any atom is 0.245 e. The van der Waals surface area contributed by atoms with Gasteiger partial charge in [0.05, 0.1) is 11.4 Å². The van der Waals surface area contributed by atoms with Gasteiger partial charge in [0.2, 0.25) is 15.9 Å². The van der Waals surface area contributed by atoms with Gasteiger partial charge in [0.15, 0.2) is 11.5 Å². The van der Waals surface area contributed by atoms with Crippen molar-refractivity contribution in [1.29, 1.82) is 0 Å². The minimum atomic E-state index is -3.67. The average molecular weight is 404 g/mol. The minimum absolute atomic E-state index is 0.127. The Balaban J connectivity index is 1.88. The van der Waals surface area contributed by atoms with Crippen molar-refractivity contribution in [3.05, 3.63) is 47.5 Å². The van der Waals surface area contributed by atoms with Gasteiger partial charge in [0, 0.05) is 11.8 Å². The fraction of sp³-hybridized carbons (Fsp3) is 0.350. The van der Waals surface area contributed by atoms with E-state index >= 15 is 0 Å². The number of carbonyl (C=O) groups excluding carboxylic acids is 1. The molecule has 7 nitrogen and oxygen atoms in total. The lowest BCUT2D eigenvalue weighted by Gasteiger charge is -2.26. The number of fused-ring (bicyclic) bond motifs is 1. The maximum atomic E-state index is 12.7. The second-order valence-corrected chi connectivity index (χ2v) is 8.73. The van der Waals surface area contributed by atoms with Crippen molar-refractivity contribution in [2.75, 3.05) is 35.1 Å². The van der Waals surface area contributed by atoms with E-state index in [0.29, 0.717) is 36.1 Å². The largest absolute Gasteiger partial charge is 0.486 e. The highest BCUT2D eigenvalue weighted by atomic mass is 32.2. The molecule has 0 saturated heterocycles. The summed E-state index contributed by atoms with van der Waals surface area (Å²) in [6.45, 7) is 5.84. The second kappa shape index (κ2) is 8.10. The standard InChI is InChI=1S/C20H24N2O5S/c1-4-28(24,25)22(16-8-9-17-18(12-16)27-11-10-26-17)13-19(23)21-20-14(2)6-5-7-15(20)3/h5-9,12H,4,10-11,13H2,1-3H3,(H,21,23). The van der Waals surface area contributed by atoms with Crippen molar-refractivity contribution in [2.45, 2.75) is 20.8 Å². The average Bonchev–Trinajstić information content (AvgIpc) is 2.68. The molecule has 0 aromatic heterocycles. The van der Waals surface area contributed by atoms with Gasteiger partial charge in [-0.3, -0.25) is 9.10 Å². The molecule has 0 spiro atoms. The van der Waals surface area contributed by atoms with Crippen LogP contribution in [-0.4, -0.2) is 39.8 Å². The van der Waals surface area contributed by atoms with Gasteiger partial charge in [-0.25, -0.2) is 8.42 Å². The molecule has 3 rings (SSSR count). The van der Waals surface area contributed by atoms with Crippen LogP contribution in [0.3, 0.4) is 0 Å². The van der Waals surface area contributed by atoms with Gasteiger partial charge in [0.25, 0.3) is 0 Å². The van der Waals surface area contributed by atoms with Crippen molar-refractivity contribution < 1.29 is 22.7 Å². The van der Waals surface area contributed by atoms with Crippen LogP contribution in [-0.2, 0) is 14.8 Å². The van der Waals surface area contributed by atoms with Crippen LogP contribution in [0.2, 0.25) is 0 Å². The van der Waals surface area contributed by atoms with E-state index in [0.717, 1.165) is 15.4 Å². The lowest BCUT2D eigenvalue weighted by Crippen LogP contribution is -2.39. The molecular weight excluding hydrogens is 380 g/mol. The van der Waals surface area contributed by atoms with Crippen molar-refractivity contribution in [3.63, 3.8) is 0 Å². The maximum absolute atomic E-state index is 12.7. The van der Waals surface area contributed by atoms with Gasteiger partial charge in [-0.2, -0.15) is 0 Å². The molecule has 8 heteroatoms. The van der Waals surface area contributed by atoms with Crippen LogP contribution in [0, 0.1) is 13.8 Å². The number of benzene rings is 2. The molecule has 1 amide bonds. The molecule has 0 radical (unpaired) electrons. The summed E-state index contributed by atoms with van der Waals surface area (Å²) in [5, 5.41) is 2.84. The summed E-state index contributed by atoms with van der Waals surface area (Å²) in [6, 6.07) is 10.6. The number of carbonyl (C=O) groups is 1. The molecule has 1 N–H and O–H groups in total. The molecule has 150 valence electrons. The predicted molar refractivity (Wildman–Crippen MR) is 109 cm³/mol. The van der Waals surface area contributed by atoms with E-state index in [1.807, 2.05) is 32.0 Å². The third-order valence-corrected chi connectivity index (χ3v) is 6.29. The number of rotatable bonds is 6. The van der Waals surface area contributed by atoms with Crippen molar-refractivity contribution >= 4 is 27.3 Å². The summed E-state index contributed by atoms with van der Waals surface area (Å²) in [7, 11) is -3.67. The fourth-order valence-electron chi connectivity index (χ4n) is 3.01. The zero-order chi connectivity index (χ0) is 20.3. The number of amides is 1. The number of sulfonamides is 1. The fourth-order valence-corrected chi connectivity index (χ4v) is 4.07. The lowest BCUT2D eigenvalue weighted by molar-refractivity contribution is -0.114. The SMILES string of the molecule is CCS(=O)(=O)N(CC(=O)Nc1c(C)cccc1C)c1ccc2c(c1)OCCO2. The van der Waals surface area contributed by atoms with Crippen LogP contribution >= 0.6 is 0 Å². The van der Waals surface area contributed by atoms with Crippen LogP contribution in [0.5, 0.6) is 11.5 Å². The van der Waals surface area contributed by atoms with Gasteiger partial charge in [-0.1, -0.05) is 18.2 Å². The minimum Gasteiger partial charge on any atom is -0.486 e. The zero-order valence-corrected chi connectivity index (χ0v) is 17.0. The third-order valence-electron chi connectivity index (χ3n) is 4.55. The number of hydrogen-bond acceptors (Lipinski definition) is 5. The van der Waals surface area contributed by atoms with E-state index in [9.17, 15) is 13.2 Å². The Morgan fingerprint density at radius 2 is 1.71 bits per heavy atom. The number of nitrogens with zero attached hydrogens (tertiary/aromatic N) is 1. The van der Waals surface area contributed by atoms with E-state index in [1.165, 1.54) is 0 Å². The molecule has 0 bridgehead atoms. The molecule has 28 heavy (non-hydrogen) atoms. The van der Waals surface area contributed by atoms with Gasteiger partial charge < -0.3 is 14.8 Å². The van der Waals surface area contributed by atoms with Crippen LogP contribution in [0.1, 0.15) is 18.1 Å². The quantitative estimate of drug-likeness (QED) is 0.800. The van der Waals surface area contributed by atoms with Crippen LogP contribution < -0.4 is 19.1 Å². The van der Waals surface area contributed by atoms with E-state index < -0.39 is 15.9 Å². The number of ether oxygens (including phenoxy) is 2.